The van der Waals surface area contributed by atoms with Crippen molar-refractivity contribution in [1.82, 2.24) is 14.5 Å². The molecule has 1 amide bonds. The molecule has 2 N–H and O–H groups in total. The van der Waals surface area contributed by atoms with Gasteiger partial charge in [0.25, 0.3) is 5.91 Å². The minimum Gasteiger partial charge on any atom is -0.359 e. The van der Waals surface area contributed by atoms with Crippen LogP contribution in [0.4, 0.5) is 14.5 Å². The molecule has 0 saturated carbocycles. The molecule has 0 saturated heterocycles. The summed E-state index contributed by atoms with van der Waals surface area (Å²) in [6.45, 7) is 0.868. The zero-order valence-corrected chi connectivity index (χ0v) is 12.2. The first-order valence-electron chi connectivity index (χ1n) is 7.45. The van der Waals surface area contributed by atoms with E-state index in [1.807, 2.05) is 4.57 Å². The van der Waals surface area contributed by atoms with E-state index in [-0.39, 0.29) is 5.91 Å². The highest BCUT2D eigenvalue weighted by atomic mass is 19.2. The second kappa shape index (κ2) is 5.19. The van der Waals surface area contributed by atoms with Crippen molar-refractivity contribution in [1.29, 1.82) is 0 Å². The predicted molar refractivity (Wildman–Crippen MR) is 81.3 cm³/mol. The third kappa shape index (κ3) is 2.38. The summed E-state index contributed by atoms with van der Waals surface area (Å²) < 4.78 is 28.6. The molecule has 0 spiro atoms. The number of aryl methyl sites for hydroxylation is 2. The molecule has 3 aromatic rings. The molecule has 0 fully saturated rings. The highest BCUT2D eigenvalue weighted by Gasteiger charge is 2.18. The van der Waals surface area contributed by atoms with Crippen molar-refractivity contribution in [2.45, 2.75) is 25.8 Å². The fourth-order valence-corrected chi connectivity index (χ4v) is 2.93. The first-order valence-corrected chi connectivity index (χ1v) is 7.45. The molecular formula is C16H14F2N4O. The molecule has 2 aromatic heterocycles. The topological polar surface area (TPSA) is 62.7 Å². The maximum atomic E-state index is 13.4. The summed E-state index contributed by atoms with van der Waals surface area (Å²) in [7, 11) is 0. The molecule has 118 valence electrons. The van der Waals surface area contributed by atoms with Crippen LogP contribution in [0.5, 0.6) is 0 Å². The van der Waals surface area contributed by atoms with Gasteiger partial charge in [-0.2, -0.15) is 0 Å². The number of imidazole rings is 1. The largest absolute Gasteiger partial charge is 0.359 e. The molecule has 23 heavy (non-hydrogen) atoms. The van der Waals surface area contributed by atoms with Gasteiger partial charge in [0.2, 0.25) is 0 Å². The van der Waals surface area contributed by atoms with E-state index >= 15 is 0 Å². The van der Waals surface area contributed by atoms with Crippen LogP contribution in [0, 0.1) is 11.6 Å². The average molecular weight is 316 g/mol. The van der Waals surface area contributed by atoms with Gasteiger partial charge in [0.05, 0.1) is 11.2 Å². The number of nitrogens with one attached hydrogen (secondary N) is 2. The van der Waals surface area contributed by atoms with E-state index < -0.39 is 11.6 Å². The van der Waals surface area contributed by atoms with Gasteiger partial charge in [-0.25, -0.2) is 13.8 Å². The molecule has 1 aliphatic rings. The van der Waals surface area contributed by atoms with Crippen LogP contribution in [0.1, 0.15) is 29.2 Å². The fraction of sp³-hybridized carbons (Fsp3) is 0.250. The van der Waals surface area contributed by atoms with Crippen molar-refractivity contribution in [2.24, 2.45) is 0 Å². The highest BCUT2D eigenvalue weighted by molar-refractivity contribution is 6.08. The maximum Gasteiger partial charge on any atom is 0.275 e. The normalized spacial score (nSPS) is 14.0. The fourth-order valence-electron chi connectivity index (χ4n) is 2.93. The highest BCUT2D eigenvalue weighted by Crippen LogP contribution is 2.26. The standard InChI is InChI=1S/C16H14F2N4O/c17-10-5-9-12(6-11(10)18)19-7-13(9)21-16(23)14-8-22-4-2-1-3-15(22)20-14/h5-8,19H,1-4H2,(H,21,23). The molecule has 4 rings (SSSR count). The molecule has 1 aliphatic heterocycles. The minimum absolute atomic E-state index is 0.332. The lowest BCUT2D eigenvalue weighted by Gasteiger charge is -2.11. The summed E-state index contributed by atoms with van der Waals surface area (Å²) in [5.74, 6) is -1.34. The summed E-state index contributed by atoms with van der Waals surface area (Å²) in [5.41, 5.74) is 1.15. The Morgan fingerprint density at radius 3 is 2.91 bits per heavy atom. The van der Waals surface area contributed by atoms with E-state index in [9.17, 15) is 13.6 Å². The molecule has 0 radical (unpaired) electrons. The number of halogens is 2. The predicted octanol–water partition coefficient (Wildman–Crippen LogP) is 3.23. The summed E-state index contributed by atoms with van der Waals surface area (Å²) in [5, 5.41) is 3.12. The average Bonchev–Trinajstić information content (AvgIpc) is 3.13. The number of aromatic nitrogens is 3. The number of anilines is 1. The van der Waals surface area contributed by atoms with Crippen molar-refractivity contribution >= 4 is 22.5 Å². The summed E-state index contributed by atoms with van der Waals surface area (Å²) in [4.78, 5) is 19.5. The van der Waals surface area contributed by atoms with E-state index in [2.05, 4.69) is 15.3 Å². The Hall–Kier alpha value is -2.70. The summed E-state index contributed by atoms with van der Waals surface area (Å²) in [6, 6.07) is 2.13. The van der Waals surface area contributed by atoms with Crippen LogP contribution in [-0.4, -0.2) is 20.4 Å². The van der Waals surface area contributed by atoms with Crippen LogP contribution < -0.4 is 5.32 Å². The monoisotopic (exact) mass is 316 g/mol. The molecule has 0 unspecified atom stereocenters. The lowest BCUT2D eigenvalue weighted by molar-refractivity contribution is 0.102. The van der Waals surface area contributed by atoms with Gasteiger partial charge in [-0.1, -0.05) is 0 Å². The van der Waals surface area contributed by atoms with Crippen molar-refractivity contribution in [2.75, 3.05) is 5.32 Å². The summed E-state index contributed by atoms with van der Waals surface area (Å²) >= 11 is 0. The van der Waals surface area contributed by atoms with Crippen molar-refractivity contribution in [3.05, 3.63) is 47.7 Å². The van der Waals surface area contributed by atoms with Crippen molar-refractivity contribution in [3.8, 4) is 0 Å². The van der Waals surface area contributed by atoms with Gasteiger partial charge in [0, 0.05) is 36.8 Å². The Bertz CT molecular complexity index is 889. The third-order valence-corrected chi connectivity index (χ3v) is 4.11. The smallest absolute Gasteiger partial charge is 0.275 e. The number of rotatable bonds is 2. The Kier molecular flexibility index (Phi) is 3.14. The van der Waals surface area contributed by atoms with E-state index in [1.165, 1.54) is 6.20 Å². The molecule has 5 nitrogen and oxygen atoms in total. The molecule has 0 atom stereocenters. The Balaban J connectivity index is 1.64. The second-order valence-electron chi connectivity index (χ2n) is 5.66. The van der Waals surface area contributed by atoms with Gasteiger partial charge in [0.1, 0.15) is 11.5 Å². The number of hydrogen-bond acceptors (Lipinski definition) is 2. The molecular weight excluding hydrogens is 302 g/mol. The number of fused-ring (bicyclic) bond motifs is 2. The third-order valence-electron chi connectivity index (χ3n) is 4.11. The van der Waals surface area contributed by atoms with Crippen LogP contribution in [0.25, 0.3) is 10.9 Å². The zero-order chi connectivity index (χ0) is 16.0. The number of hydrogen-bond donors (Lipinski definition) is 2. The quantitative estimate of drug-likeness (QED) is 0.762. The lowest BCUT2D eigenvalue weighted by atomic mass is 10.2. The van der Waals surface area contributed by atoms with Crippen LogP contribution in [0.2, 0.25) is 0 Å². The maximum absolute atomic E-state index is 13.4. The number of aromatic amines is 1. The van der Waals surface area contributed by atoms with E-state index in [0.717, 1.165) is 43.8 Å². The number of amides is 1. The van der Waals surface area contributed by atoms with E-state index in [0.29, 0.717) is 22.3 Å². The number of carbonyl (C=O) groups is 1. The van der Waals surface area contributed by atoms with E-state index in [1.54, 1.807) is 6.20 Å². The van der Waals surface area contributed by atoms with Crippen LogP contribution in [0.3, 0.4) is 0 Å². The minimum atomic E-state index is -0.954. The van der Waals surface area contributed by atoms with Crippen LogP contribution in [0.15, 0.2) is 24.5 Å². The molecule has 3 heterocycles. The second-order valence-corrected chi connectivity index (χ2v) is 5.66. The lowest BCUT2D eigenvalue weighted by Crippen LogP contribution is -2.12. The number of carbonyl (C=O) groups excluding carboxylic acids is 1. The molecule has 0 bridgehead atoms. The van der Waals surface area contributed by atoms with Gasteiger partial charge in [-0.05, 0) is 18.9 Å². The van der Waals surface area contributed by atoms with Gasteiger partial charge in [0.15, 0.2) is 11.6 Å². The van der Waals surface area contributed by atoms with E-state index in [4.69, 9.17) is 0 Å². The Labute approximate surface area is 130 Å². The number of H-pyrrole nitrogens is 1. The van der Waals surface area contributed by atoms with Gasteiger partial charge in [-0.15, -0.1) is 0 Å². The first-order chi connectivity index (χ1) is 11.1. The van der Waals surface area contributed by atoms with Crippen LogP contribution >= 0.6 is 0 Å². The van der Waals surface area contributed by atoms with Crippen molar-refractivity contribution < 1.29 is 13.6 Å². The molecule has 1 aromatic carbocycles. The number of benzene rings is 1. The summed E-state index contributed by atoms with van der Waals surface area (Å²) in [6.07, 6.45) is 6.27. The van der Waals surface area contributed by atoms with Gasteiger partial charge >= 0.3 is 0 Å². The van der Waals surface area contributed by atoms with Crippen LogP contribution in [-0.2, 0) is 13.0 Å². The molecule has 0 aliphatic carbocycles. The zero-order valence-electron chi connectivity index (χ0n) is 12.2. The SMILES string of the molecule is O=C(Nc1c[nH]c2cc(F)c(F)cc12)c1cn2c(n1)CCCC2. The van der Waals surface area contributed by atoms with Gasteiger partial charge in [-0.3, -0.25) is 4.79 Å². The Morgan fingerprint density at radius 2 is 2.09 bits per heavy atom. The molecule has 7 heteroatoms. The van der Waals surface area contributed by atoms with Crippen molar-refractivity contribution in [3.63, 3.8) is 0 Å². The first kappa shape index (κ1) is 13.9. The number of nitrogens with zero attached hydrogens (tertiary/aromatic N) is 2. The Morgan fingerprint density at radius 1 is 1.26 bits per heavy atom. The van der Waals surface area contributed by atoms with Gasteiger partial charge < -0.3 is 14.9 Å².